The summed E-state index contributed by atoms with van der Waals surface area (Å²) in [7, 11) is 0. The van der Waals surface area contributed by atoms with Crippen LogP contribution in [0.1, 0.15) is 16.1 Å². The normalized spacial score (nSPS) is 10.1. The van der Waals surface area contributed by atoms with Crippen LogP contribution < -0.4 is 10.9 Å². The standard InChI is InChI=1S/C12H12N2O3/c15-11-8-9(3-5-13-11)12(16)14-6-4-10-2-1-7-17-10/h1-3,5,7-8H,4,6H2,(H,13,15)(H,14,16). The zero-order valence-electron chi connectivity index (χ0n) is 9.10. The van der Waals surface area contributed by atoms with Crippen LogP contribution in [0.5, 0.6) is 0 Å². The van der Waals surface area contributed by atoms with Crippen LogP contribution in [-0.4, -0.2) is 17.4 Å². The second-order valence-corrected chi connectivity index (χ2v) is 3.53. The number of pyridine rings is 1. The first-order valence-corrected chi connectivity index (χ1v) is 5.25. The SMILES string of the molecule is O=C(NCCc1ccco1)c1cc[nH]c(=O)c1. The number of furan rings is 1. The highest BCUT2D eigenvalue weighted by molar-refractivity contribution is 5.93. The zero-order valence-corrected chi connectivity index (χ0v) is 9.10. The Hall–Kier alpha value is -2.30. The van der Waals surface area contributed by atoms with Crippen LogP contribution in [0.4, 0.5) is 0 Å². The summed E-state index contributed by atoms with van der Waals surface area (Å²) in [5, 5.41) is 2.71. The van der Waals surface area contributed by atoms with Crippen molar-refractivity contribution in [2.75, 3.05) is 6.54 Å². The van der Waals surface area contributed by atoms with Gasteiger partial charge in [-0.1, -0.05) is 0 Å². The molecule has 0 saturated carbocycles. The number of amides is 1. The molecule has 88 valence electrons. The molecule has 0 aromatic carbocycles. The first kappa shape index (κ1) is 11.2. The molecule has 0 aliphatic rings. The van der Waals surface area contributed by atoms with E-state index in [1.807, 2.05) is 6.07 Å². The molecule has 0 atom stereocenters. The fraction of sp³-hybridized carbons (Fsp3) is 0.167. The van der Waals surface area contributed by atoms with Gasteiger partial charge in [-0.05, 0) is 18.2 Å². The van der Waals surface area contributed by atoms with Gasteiger partial charge >= 0.3 is 0 Å². The van der Waals surface area contributed by atoms with Gasteiger partial charge in [0.15, 0.2) is 0 Å². The van der Waals surface area contributed by atoms with Crippen molar-refractivity contribution < 1.29 is 9.21 Å². The molecule has 0 unspecified atom stereocenters. The van der Waals surface area contributed by atoms with E-state index in [1.165, 1.54) is 12.3 Å². The van der Waals surface area contributed by atoms with Gasteiger partial charge in [0.25, 0.3) is 5.91 Å². The smallest absolute Gasteiger partial charge is 0.251 e. The van der Waals surface area contributed by atoms with Gasteiger partial charge in [0, 0.05) is 30.8 Å². The van der Waals surface area contributed by atoms with Crippen molar-refractivity contribution in [2.24, 2.45) is 0 Å². The van der Waals surface area contributed by atoms with Crippen molar-refractivity contribution >= 4 is 5.91 Å². The second kappa shape index (κ2) is 5.16. The minimum atomic E-state index is -0.288. The quantitative estimate of drug-likeness (QED) is 0.823. The minimum absolute atomic E-state index is 0.261. The monoisotopic (exact) mass is 232 g/mol. The lowest BCUT2D eigenvalue weighted by Crippen LogP contribution is -2.26. The van der Waals surface area contributed by atoms with Gasteiger partial charge in [-0.15, -0.1) is 0 Å². The number of H-pyrrole nitrogens is 1. The molecule has 5 heteroatoms. The molecule has 0 aliphatic carbocycles. The third kappa shape index (κ3) is 3.07. The summed E-state index contributed by atoms with van der Waals surface area (Å²) in [4.78, 5) is 25.1. The third-order valence-corrected chi connectivity index (χ3v) is 2.27. The summed E-state index contributed by atoms with van der Waals surface area (Å²) >= 11 is 0. The van der Waals surface area contributed by atoms with Crippen LogP contribution in [0, 0.1) is 0 Å². The van der Waals surface area contributed by atoms with E-state index in [1.54, 1.807) is 18.4 Å². The van der Waals surface area contributed by atoms with Crippen LogP contribution >= 0.6 is 0 Å². The lowest BCUT2D eigenvalue weighted by atomic mass is 10.2. The summed E-state index contributed by atoms with van der Waals surface area (Å²) < 4.78 is 5.13. The molecule has 17 heavy (non-hydrogen) atoms. The van der Waals surface area contributed by atoms with E-state index in [0.717, 1.165) is 5.76 Å². The maximum absolute atomic E-state index is 11.6. The maximum Gasteiger partial charge on any atom is 0.251 e. The van der Waals surface area contributed by atoms with Gasteiger partial charge < -0.3 is 14.7 Å². The molecule has 2 heterocycles. The van der Waals surface area contributed by atoms with E-state index < -0.39 is 0 Å². The summed E-state index contributed by atoms with van der Waals surface area (Å²) in [5.74, 6) is 0.555. The first-order valence-electron chi connectivity index (χ1n) is 5.25. The number of aromatic amines is 1. The Labute approximate surface area is 97.5 Å². The molecule has 0 bridgehead atoms. The average molecular weight is 232 g/mol. The second-order valence-electron chi connectivity index (χ2n) is 3.53. The Balaban J connectivity index is 1.87. The van der Waals surface area contributed by atoms with Crippen molar-refractivity contribution in [2.45, 2.75) is 6.42 Å². The van der Waals surface area contributed by atoms with Crippen LogP contribution in [0.2, 0.25) is 0 Å². The Morgan fingerprint density at radius 3 is 3.00 bits per heavy atom. The van der Waals surface area contributed by atoms with Gasteiger partial charge in [-0.2, -0.15) is 0 Å². The average Bonchev–Trinajstić information content (AvgIpc) is 2.82. The van der Waals surface area contributed by atoms with E-state index in [0.29, 0.717) is 18.5 Å². The molecule has 2 aromatic rings. The molecule has 0 saturated heterocycles. The van der Waals surface area contributed by atoms with E-state index >= 15 is 0 Å². The van der Waals surface area contributed by atoms with Crippen molar-refractivity contribution in [1.29, 1.82) is 0 Å². The number of rotatable bonds is 4. The largest absolute Gasteiger partial charge is 0.469 e. The highest BCUT2D eigenvalue weighted by atomic mass is 16.3. The molecule has 2 N–H and O–H groups in total. The molecule has 5 nitrogen and oxygen atoms in total. The number of hydrogen-bond donors (Lipinski definition) is 2. The van der Waals surface area contributed by atoms with E-state index in [2.05, 4.69) is 10.3 Å². The maximum atomic E-state index is 11.6. The van der Waals surface area contributed by atoms with Gasteiger partial charge in [0.2, 0.25) is 5.56 Å². The Bertz CT molecular complexity index is 543. The molecule has 0 aliphatic heterocycles. The number of carbonyl (C=O) groups excluding carboxylic acids is 1. The molecule has 2 rings (SSSR count). The van der Waals surface area contributed by atoms with Crippen LogP contribution in [-0.2, 0) is 6.42 Å². The van der Waals surface area contributed by atoms with E-state index in [9.17, 15) is 9.59 Å². The number of aromatic nitrogens is 1. The molecule has 0 radical (unpaired) electrons. The lowest BCUT2D eigenvalue weighted by Gasteiger charge is -2.03. The summed E-state index contributed by atoms with van der Waals surface area (Å²) in [6, 6.07) is 6.47. The van der Waals surface area contributed by atoms with Crippen LogP contribution in [0.3, 0.4) is 0 Å². The molecule has 0 spiro atoms. The molecule has 1 amide bonds. The predicted molar refractivity (Wildman–Crippen MR) is 61.8 cm³/mol. The molecule has 0 fully saturated rings. The summed E-state index contributed by atoms with van der Waals surface area (Å²) in [6.07, 6.45) is 3.67. The third-order valence-electron chi connectivity index (χ3n) is 2.27. The van der Waals surface area contributed by atoms with Gasteiger partial charge in [0.1, 0.15) is 5.76 Å². The summed E-state index contributed by atoms with van der Waals surface area (Å²) in [5.41, 5.74) is 0.0666. The van der Waals surface area contributed by atoms with Gasteiger partial charge in [-0.25, -0.2) is 0 Å². The fourth-order valence-corrected chi connectivity index (χ4v) is 1.44. The Morgan fingerprint density at radius 1 is 1.41 bits per heavy atom. The first-order chi connectivity index (χ1) is 8.25. The van der Waals surface area contributed by atoms with E-state index in [4.69, 9.17) is 4.42 Å². The predicted octanol–water partition coefficient (Wildman–Crippen LogP) is 0.940. The number of hydrogen-bond acceptors (Lipinski definition) is 3. The number of carbonyl (C=O) groups is 1. The lowest BCUT2D eigenvalue weighted by molar-refractivity contribution is 0.0953. The highest BCUT2D eigenvalue weighted by Crippen LogP contribution is 2.00. The minimum Gasteiger partial charge on any atom is -0.469 e. The van der Waals surface area contributed by atoms with Crippen LogP contribution in [0.25, 0.3) is 0 Å². The van der Waals surface area contributed by atoms with Crippen molar-refractivity contribution in [1.82, 2.24) is 10.3 Å². The Kier molecular flexibility index (Phi) is 3.40. The fourth-order valence-electron chi connectivity index (χ4n) is 1.44. The van der Waals surface area contributed by atoms with Gasteiger partial charge in [0.05, 0.1) is 6.26 Å². The van der Waals surface area contributed by atoms with Crippen LogP contribution in [0.15, 0.2) is 45.9 Å². The van der Waals surface area contributed by atoms with E-state index in [-0.39, 0.29) is 11.5 Å². The number of nitrogens with one attached hydrogen (secondary N) is 2. The molecule has 2 aromatic heterocycles. The van der Waals surface area contributed by atoms with Crippen molar-refractivity contribution in [3.8, 4) is 0 Å². The topological polar surface area (TPSA) is 75.1 Å². The Morgan fingerprint density at radius 2 is 2.29 bits per heavy atom. The van der Waals surface area contributed by atoms with Crippen molar-refractivity contribution in [3.05, 3.63) is 58.4 Å². The highest BCUT2D eigenvalue weighted by Gasteiger charge is 2.05. The van der Waals surface area contributed by atoms with Gasteiger partial charge in [-0.3, -0.25) is 9.59 Å². The van der Waals surface area contributed by atoms with Crippen molar-refractivity contribution in [3.63, 3.8) is 0 Å². The molecular weight excluding hydrogens is 220 g/mol. The summed E-state index contributed by atoms with van der Waals surface area (Å²) in [6.45, 7) is 0.471. The zero-order chi connectivity index (χ0) is 12.1. The molecular formula is C12H12N2O3.